The van der Waals surface area contributed by atoms with Crippen LogP contribution in [-0.2, 0) is 15.0 Å². The molecule has 2 aliphatic heterocycles. The van der Waals surface area contributed by atoms with E-state index in [1.165, 1.54) is 13.2 Å². The first kappa shape index (κ1) is 31.1. The lowest BCUT2D eigenvalue weighted by Crippen LogP contribution is -2.48. The highest BCUT2D eigenvalue weighted by molar-refractivity contribution is 6.32. The number of methoxy groups -OCH3 is 1. The van der Waals surface area contributed by atoms with Gasteiger partial charge in [0.15, 0.2) is 0 Å². The molecule has 0 aromatic heterocycles. The number of rotatable bonds is 8. The van der Waals surface area contributed by atoms with Crippen LogP contribution in [0.3, 0.4) is 0 Å². The number of nitrogens with one attached hydrogen (secondary N) is 3. The first-order chi connectivity index (χ1) is 20.4. The predicted molar refractivity (Wildman–Crippen MR) is 166 cm³/mol. The summed E-state index contributed by atoms with van der Waals surface area (Å²) in [5.41, 5.74) is 0.729. The van der Waals surface area contributed by atoms with Crippen molar-refractivity contribution in [1.29, 1.82) is 0 Å². The van der Waals surface area contributed by atoms with Crippen molar-refractivity contribution in [3.05, 3.63) is 70.0 Å². The maximum atomic E-state index is 15.5. The Hall–Kier alpha value is -3.37. The zero-order valence-electron chi connectivity index (χ0n) is 24.3. The molecule has 2 amide bonds. The van der Waals surface area contributed by atoms with Gasteiger partial charge in [-0.25, -0.2) is 4.39 Å². The van der Waals surface area contributed by atoms with Crippen molar-refractivity contribution in [2.45, 2.75) is 51.1 Å². The van der Waals surface area contributed by atoms with Gasteiger partial charge < -0.3 is 30.5 Å². The Kier molecular flexibility index (Phi) is 8.64. The third-order valence-corrected chi connectivity index (χ3v) is 8.40. The molecule has 2 aliphatic rings. The van der Waals surface area contributed by atoms with Gasteiger partial charge >= 0.3 is 0 Å². The maximum Gasteiger partial charge on any atom is 0.241 e. The lowest BCUT2D eigenvalue weighted by atomic mass is 9.68. The first-order valence-corrected chi connectivity index (χ1v) is 14.7. The highest BCUT2D eigenvalue weighted by Crippen LogP contribution is 2.54. The average Bonchev–Trinajstić information content (AvgIpc) is 3.45. The SMILES string of the molecule is COc1cc(OCCO)ccc1NC(=O)[C@H]1C[C@@]2(C(=O)Nc3cc(Cl)cc(-c4cccc(Cl)c4F)c32)[C@@H](CC(C)(C)C)N1. The van der Waals surface area contributed by atoms with Crippen molar-refractivity contribution in [3.63, 3.8) is 0 Å². The number of amides is 2. The van der Waals surface area contributed by atoms with Crippen LogP contribution in [0, 0.1) is 11.2 Å². The van der Waals surface area contributed by atoms with Gasteiger partial charge in [0.2, 0.25) is 11.8 Å². The number of halogens is 3. The molecule has 2 heterocycles. The Labute approximate surface area is 259 Å². The number of aliphatic hydroxyl groups excluding tert-OH is 1. The van der Waals surface area contributed by atoms with Crippen LogP contribution in [0.25, 0.3) is 11.1 Å². The minimum atomic E-state index is -1.20. The summed E-state index contributed by atoms with van der Waals surface area (Å²) in [5.74, 6) is -0.405. The summed E-state index contributed by atoms with van der Waals surface area (Å²) in [4.78, 5) is 27.8. The molecule has 0 bridgehead atoms. The van der Waals surface area contributed by atoms with E-state index in [0.717, 1.165) is 0 Å². The fourth-order valence-electron chi connectivity index (χ4n) is 6.16. The minimum Gasteiger partial charge on any atom is -0.494 e. The van der Waals surface area contributed by atoms with E-state index in [4.69, 9.17) is 37.8 Å². The number of carbonyl (C=O) groups excluding carboxylic acids is 2. The van der Waals surface area contributed by atoms with E-state index in [9.17, 15) is 9.59 Å². The molecule has 0 unspecified atom stereocenters. The van der Waals surface area contributed by atoms with Gasteiger partial charge in [-0.2, -0.15) is 0 Å². The summed E-state index contributed by atoms with van der Waals surface area (Å²) in [6.07, 6.45) is 0.666. The first-order valence-electron chi connectivity index (χ1n) is 14.0. The Morgan fingerprint density at radius 3 is 2.63 bits per heavy atom. The van der Waals surface area contributed by atoms with E-state index in [0.29, 0.717) is 45.4 Å². The summed E-state index contributed by atoms with van der Waals surface area (Å²) in [7, 11) is 1.48. The van der Waals surface area contributed by atoms with Crippen molar-refractivity contribution < 1.29 is 28.6 Å². The van der Waals surface area contributed by atoms with Crippen LogP contribution in [0.5, 0.6) is 11.5 Å². The van der Waals surface area contributed by atoms with Gasteiger partial charge in [-0.15, -0.1) is 0 Å². The Morgan fingerprint density at radius 2 is 1.93 bits per heavy atom. The molecule has 3 aromatic carbocycles. The molecule has 1 fully saturated rings. The number of hydrogen-bond acceptors (Lipinski definition) is 6. The number of ether oxygens (including phenoxy) is 2. The highest BCUT2D eigenvalue weighted by Gasteiger charge is 2.60. The van der Waals surface area contributed by atoms with Gasteiger partial charge in [0.25, 0.3) is 0 Å². The molecule has 228 valence electrons. The number of aliphatic hydroxyl groups is 1. The molecule has 0 aliphatic carbocycles. The monoisotopic (exact) mass is 629 g/mol. The van der Waals surface area contributed by atoms with Crippen molar-refractivity contribution in [3.8, 4) is 22.6 Å². The zero-order chi connectivity index (χ0) is 31.1. The summed E-state index contributed by atoms with van der Waals surface area (Å²) in [6.45, 7) is 6.17. The smallest absolute Gasteiger partial charge is 0.241 e. The largest absolute Gasteiger partial charge is 0.494 e. The fraction of sp³-hybridized carbons (Fsp3) is 0.375. The van der Waals surface area contributed by atoms with Crippen LogP contribution in [0.15, 0.2) is 48.5 Å². The predicted octanol–water partition coefficient (Wildman–Crippen LogP) is 6.17. The minimum absolute atomic E-state index is 0.0488. The lowest BCUT2D eigenvalue weighted by molar-refractivity contribution is -0.121. The van der Waals surface area contributed by atoms with Crippen molar-refractivity contribution in [1.82, 2.24) is 5.32 Å². The molecule has 0 radical (unpaired) electrons. The molecule has 0 saturated carbocycles. The van der Waals surface area contributed by atoms with Gasteiger partial charge in [0.1, 0.15) is 23.9 Å². The quantitative estimate of drug-likeness (QED) is 0.237. The van der Waals surface area contributed by atoms with Crippen LogP contribution in [-0.4, -0.2) is 49.3 Å². The number of carbonyl (C=O) groups is 2. The van der Waals surface area contributed by atoms with Gasteiger partial charge in [-0.05, 0) is 54.2 Å². The maximum absolute atomic E-state index is 15.5. The summed E-state index contributed by atoms with van der Waals surface area (Å²) < 4.78 is 26.4. The third-order valence-electron chi connectivity index (χ3n) is 7.89. The van der Waals surface area contributed by atoms with E-state index < -0.39 is 23.3 Å². The second kappa shape index (κ2) is 12.0. The van der Waals surface area contributed by atoms with Crippen LogP contribution in [0.1, 0.15) is 39.2 Å². The molecule has 43 heavy (non-hydrogen) atoms. The molecular formula is C32H34Cl2FN3O5. The Morgan fingerprint density at radius 1 is 1.16 bits per heavy atom. The standard InChI is InChI=1S/C32H34Cl2FN3O5/c1-31(2,3)16-26-32(15-24(36-26)29(40)37-22-9-8-18(43-11-10-39)14-25(22)42-4)27-20(19-6-5-7-21(34)28(19)35)12-17(33)13-23(27)38-30(32)41/h5-9,12-14,24,26,36,39H,10-11,15-16H2,1-4H3,(H,37,40)(H,38,41)/t24-,26-,32-/m1/s1. The van der Waals surface area contributed by atoms with Crippen LogP contribution in [0.2, 0.25) is 10.0 Å². The van der Waals surface area contributed by atoms with E-state index >= 15 is 4.39 Å². The van der Waals surface area contributed by atoms with E-state index in [2.05, 4.69) is 36.7 Å². The molecule has 3 aromatic rings. The van der Waals surface area contributed by atoms with Gasteiger partial charge in [-0.1, -0.05) is 56.1 Å². The van der Waals surface area contributed by atoms with Crippen molar-refractivity contribution in [2.75, 3.05) is 31.0 Å². The number of benzene rings is 3. The molecule has 1 saturated heterocycles. The normalized spacial score (nSPS) is 21.1. The summed E-state index contributed by atoms with van der Waals surface area (Å²) in [6, 6.07) is 11.7. The van der Waals surface area contributed by atoms with Crippen molar-refractivity contribution in [2.24, 2.45) is 5.41 Å². The number of hydrogen-bond donors (Lipinski definition) is 4. The molecule has 1 spiro atoms. The molecule has 4 N–H and O–H groups in total. The number of fused-ring (bicyclic) bond motifs is 2. The summed E-state index contributed by atoms with van der Waals surface area (Å²) >= 11 is 12.6. The highest BCUT2D eigenvalue weighted by atomic mass is 35.5. The molecule has 11 heteroatoms. The average molecular weight is 631 g/mol. The fourth-order valence-corrected chi connectivity index (χ4v) is 6.55. The Bertz CT molecular complexity index is 1580. The van der Waals surface area contributed by atoms with Gasteiger partial charge in [0, 0.05) is 33.9 Å². The lowest BCUT2D eigenvalue weighted by Gasteiger charge is -2.34. The second-order valence-corrected chi connectivity index (χ2v) is 12.9. The van der Waals surface area contributed by atoms with Crippen LogP contribution >= 0.6 is 23.2 Å². The topological polar surface area (TPSA) is 109 Å². The van der Waals surface area contributed by atoms with Gasteiger partial charge in [0.05, 0.1) is 35.9 Å². The van der Waals surface area contributed by atoms with Gasteiger partial charge in [-0.3, -0.25) is 9.59 Å². The zero-order valence-corrected chi connectivity index (χ0v) is 25.8. The van der Waals surface area contributed by atoms with E-state index in [1.807, 2.05) is 0 Å². The van der Waals surface area contributed by atoms with E-state index in [-0.39, 0.29) is 47.5 Å². The second-order valence-electron chi connectivity index (χ2n) is 12.1. The van der Waals surface area contributed by atoms with Crippen LogP contribution < -0.4 is 25.4 Å². The van der Waals surface area contributed by atoms with Crippen LogP contribution in [0.4, 0.5) is 15.8 Å². The molecular weight excluding hydrogens is 596 g/mol. The van der Waals surface area contributed by atoms with Crippen molar-refractivity contribution >= 4 is 46.4 Å². The molecule has 8 nitrogen and oxygen atoms in total. The molecule has 3 atom stereocenters. The number of anilines is 2. The third kappa shape index (κ3) is 5.91. The Balaban J connectivity index is 1.56. The summed E-state index contributed by atoms with van der Waals surface area (Å²) in [5, 5.41) is 18.7. The van der Waals surface area contributed by atoms with E-state index in [1.54, 1.807) is 42.5 Å². The molecule has 5 rings (SSSR count).